The number of benzene rings is 1. The highest BCUT2D eigenvalue weighted by molar-refractivity contribution is 5.13. The molecule has 0 aromatic heterocycles. The zero-order valence-corrected chi connectivity index (χ0v) is 9.94. The van der Waals surface area contributed by atoms with Crippen molar-refractivity contribution in [2.75, 3.05) is 6.61 Å². The molecular formula is C14H23NO. The van der Waals surface area contributed by atoms with E-state index in [-0.39, 0.29) is 0 Å². The minimum atomic E-state index is 0.417. The van der Waals surface area contributed by atoms with Crippen LogP contribution in [0.3, 0.4) is 0 Å². The van der Waals surface area contributed by atoms with Crippen molar-refractivity contribution in [2.45, 2.75) is 38.6 Å². The fourth-order valence-electron chi connectivity index (χ4n) is 1.98. The summed E-state index contributed by atoms with van der Waals surface area (Å²) in [5.74, 6) is 0.642. The van der Waals surface area contributed by atoms with Gasteiger partial charge in [0.15, 0.2) is 0 Å². The summed E-state index contributed by atoms with van der Waals surface area (Å²) in [5, 5.41) is 8.69. The Morgan fingerprint density at radius 2 is 1.69 bits per heavy atom. The molecule has 0 bridgehead atoms. The van der Waals surface area contributed by atoms with Gasteiger partial charge in [-0.3, -0.25) is 0 Å². The third-order valence-corrected chi connectivity index (χ3v) is 3.06. The van der Waals surface area contributed by atoms with E-state index in [1.165, 1.54) is 37.7 Å². The molecule has 1 fully saturated rings. The van der Waals surface area contributed by atoms with Crippen molar-refractivity contribution < 1.29 is 5.11 Å². The van der Waals surface area contributed by atoms with Crippen molar-refractivity contribution >= 4 is 0 Å². The summed E-state index contributed by atoms with van der Waals surface area (Å²) in [6.07, 6.45) is 6.58. The lowest BCUT2D eigenvalue weighted by Crippen LogP contribution is -2.09. The first-order valence-electron chi connectivity index (χ1n) is 6.21. The molecule has 90 valence electrons. The molecule has 3 N–H and O–H groups in total. The van der Waals surface area contributed by atoms with E-state index in [1.54, 1.807) is 0 Å². The van der Waals surface area contributed by atoms with Crippen LogP contribution in [0.15, 0.2) is 30.3 Å². The molecule has 1 aliphatic rings. The van der Waals surface area contributed by atoms with E-state index >= 15 is 0 Å². The van der Waals surface area contributed by atoms with Gasteiger partial charge in [0, 0.05) is 13.2 Å². The molecule has 2 nitrogen and oxygen atoms in total. The second-order valence-corrected chi connectivity index (χ2v) is 4.38. The van der Waals surface area contributed by atoms with Gasteiger partial charge in [-0.1, -0.05) is 49.6 Å². The molecule has 2 rings (SSSR count). The quantitative estimate of drug-likeness (QED) is 0.806. The average molecular weight is 221 g/mol. The van der Waals surface area contributed by atoms with E-state index in [2.05, 4.69) is 0 Å². The Labute approximate surface area is 98.5 Å². The molecule has 0 unspecified atom stereocenters. The highest BCUT2D eigenvalue weighted by Gasteiger charge is 2.10. The summed E-state index contributed by atoms with van der Waals surface area (Å²) < 4.78 is 0. The van der Waals surface area contributed by atoms with Gasteiger partial charge in [0.1, 0.15) is 0 Å². The summed E-state index contributed by atoms with van der Waals surface area (Å²) in [5.41, 5.74) is 6.54. The summed E-state index contributed by atoms with van der Waals surface area (Å²) in [6, 6.07) is 9.99. The molecule has 0 amide bonds. The van der Waals surface area contributed by atoms with Gasteiger partial charge in [-0.2, -0.15) is 0 Å². The van der Waals surface area contributed by atoms with Crippen LogP contribution in [0.4, 0.5) is 0 Å². The Morgan fingerprint density at radius 1 is 1.06 bits per heavy atom. The van der Waals surface area contributed by atoms with Crippen LogP contribution in [0.5, 0.6) is 0 Å². The smallest absolute Gasteiger partial charge is 0.0459 e. The number of rotatable bonds is 2. The van der Waals surface area contributed by atoms with Gasteiger partial charge < -0.3 is 10.8 Å². The maximum atomic E-state index is 8.69. The van der Waals surface area contributed by atoms with Gasteiger partial charge in [-0.25, -0.2) is 0 Å². The fourth-order valence-corrected chi connectivity index (χ4v) is 1.98. The number of aliphatic hydroxyl groups is 1. The minimum Gasteiger partial charge on any atom is -0.396 e. The Morgan fingerprint density at radius 3 is 2.06 bits per heavy atom. The minimum absolute atomic E-state index is 0.417. The SMILES string of the molecule is NCc1ccccc1.OCC1CCCCC1. The van der Waals surface area contributed by atoms with E-state index < -0.39 is 0 Å². The molecule has 1 aliphatic carbocycles. The summed E-state index contributed by atoms with van der Waals surface area (Å²) >= 11 is 0. The number of hydrogen-bond donors (Lipinski definition) is 2. The zero-order valence-electron chi connectivity index (χ0n) is 9.94. The van der Waals surface area contributed by atoms with Crippen LogP contribution in [0.2, 0.25) is 0 Å². The van der Waals surface area contributed by atoms with E-state index in [0.717, 1.165) is 0 Å². The fraction of sp³-hybridized carbons (Fsp3) is 0.571. The van der Waals surface area contributed by atoms with Crippen LogP contribution < -0.4 is 5.73 Å². The predicted octanol–water partition coefficient (Wildman–Crippen LogP) is 2.70. The Hall–Kier alpha value is -0.860. The summed E-state index contributed by atoms with van der Waals surface area (Å²) in [6.45, 7) is 1.06. The largest absolute Gasteiger partial charge is 0.396 e. The summed E-state index contributed by atoms with van der Waals surface area (Å²) in [4.78, 5) is 0. The highest BCUT2D eigenvalue weighted by atomic mass is 16.3. The van der Waals surface area contributed by atoms with Crippen LogP contribution in [-0.2, 0) is 6.54 Å². The van der Waals surface area contributed by atoms with Crippen LogP contribution in [0.1, 0.15) is 37.7 Å². The molecule has 0 atom stereocenters. The molecule has 1 aromatic rings. The number of nitrogens with two attached hydrogens (primary N) is 1. The average Bonchev–Trinajstić information content (AvgIpc) is 2.41. The lowest BCUT2D eigenvalue weighted by Gasteiger charge is -2.18. The number of hydrogen-bond acceptors (Lipinski definition) is 2. The van der Waals surface area contributed by atoms with E-state index in [0.29, 0.717) is 19.1 Å². The lowest BCUT2D eigenvalue weighted by molar-refractivity contribution is 0.190. The molecule has 0 aliphatic heterocycles. The van der Waals surface area contributed by atoms with E-state index in [9.17, 15) is 0 Å². The first-order valence-corrected chi connectivity index (χ1v) is 6.21. The Bertz CT molecular complexity index is 255. The van der Waals surface area contributed by atoms with Crippen molar-refractivity contribution in [3.05, 3.63) is 35.9 Å². The molecule has 1 aromatic carbocycles. The van der Waals surface area contributed by atoms with Crippen LogP contribution >= 0.6 is 0 Å². The molecule has 0 saturated heterocycles. The standard InChI is InChI=1S/C7H9N.C7H14O/c2*8-6-7-4-2-1-3-5-7/h1-5H,6,8H2;7-8H,1-6H2. The highest BCUT2D eigenvalue weighted by Crippen LogP contribution is 2.22. The number of aliphatic hydroxyl groups excluding tert-OH is 1. The van der Waals surface area contributed by atoms with Gasteiger partial charge in [-0.15, -0.1) is 0 Å². The van der Waals surface area contributed by atoms with Gasteiger partial charge >= 0.3 is 0 Å². The van der Waals surface area contributed by atoms with Gasteiger partial charge in [0.2, 0.25) is 0 Å². The topological polar surface area (TPSA) is 46.2 Å². The van der Waals surface area contributed by atoms with Gasteiger partial charge in [0.05, 0.1) is 0 Å². The van der Waals surface area contributed by atoms with Crippen molar-refractivity contribution in [2.24, 2.45) is 11.7 Å². The second-order valence-electron chi connectivity index (χ2n) is 4.38. The van der Waals surface area contributed by atoms with Crippen molar-refractivity contribution in [3.8, 4) is 0 Å². The molecule has 0 heterocycles. The Kier molecular flexibility index (Phi) is 6.86. The van der Waals surface area contributed by atoms with Crippen LogP contribution in [-0.4, -0.2) is 11.7 Å². The van der Waals surface area contributed by atoms with Gasteiger partial charge in [-0.05, 0) is 24.3 Å². The predicted molar refractivity (Wildman–Crippen MR) is 68.0 cm³/mol. The maximum Gasteiger partial charge on any atom is 0.0459 e. The lowest BCUT2D eigenvalue weighted by atomic mass is 9.90. The third-order valence-electron chi connectivity index (χ3n) is 3.06. The second kappa shape index (κ2) is 8.31. The van der Waals surface area contributed by atoms with E-state index in [4.69, 9.17) is 10.8 Å². The first kappa shape index (κ1) is 13.2. The summed E-state index contributed by atoms with van der Waals surface area (Å²) in [7, 11) is 0. The van der Waals surface area contributed by atoms with Crippen molar-refractivity contribution in [3.63, 3.8) is 0 Å². The van der Waals surface area contributed by atoms with Crippen LogP contribution in [0, 0.1) is 5.92 Å². The molecule has 1 saturated carbocycles. The Balaban J connectivity index is 0.000000160. The maximum absolute atomic E-state index is 8.69. The molecule has 0 spiro atoms. The van der Waals surface area contributed by atoms with E-state index in [1.807, 2.05) is 30.3 Å². The third kappa shape index (κ3) is 5.29. The normalized spacial score (nSPS) is 16.4. The molecule has 2 heteroatoms. The monoisotopic (exact) mass is 221 g/mol. The van der Waals surface area contributed by atoms with Crippen LogP contribution in [0.25, 0.3) is 0 Å². The van der Waals surface area contributed by atoms with Crippen molar-refractivity contribution in [1.29, 1.82) is 0 Å². The molecular weight excluding hydrogens is 198 g/mol. The molecule has 0 radical (unpaired) electrons. The van der Waals surface area contributed by atoms with Crippen molar-refractivity contribution in [1.82, 2.24) is 0 Å². The first-order chi connectivity index (χ1) is 7.86. The zero-order chi connectivity index (χ0) is 11.6. The molecule has 16 heavy (non-hydrogen) atoms. The van der Waals surface area contributed by atoms with Gasteiger partial charge in [0.25, 0.3) is 0 Å².